The van der Waals surface area contributed by atoms with Gasteiger partial charge in [-0.1, -0.05) is 30.3 Å². The number of hydrogen-bond acceptors (Lipinski definition) is 4. The van der Waals surface area contributed by atoms with Crippen LogP contribution in [0.15, 0.2) is 48.5 Å². The van der Waals surface area contributed by atoms with Gasteiger partial charge in [0.05, 0.1) is 5.69 Å². The van der Waals surface area contributed by atoms with Crippen molar-refractivity contribution in [2.45, 2.75) is 39.8 Å². The second-order valence-corrected chi connectivity index (χ2v) is 7.21. The summed E-state index contributed by atoms with van der Waals surface area (Å²) in [4.78, 5) is 40.2. The molecule has 1 heterocycles. The predicted octanol–water partition coefficient (Wildman–Crippen LogP) is 3.20. The summed E-state index contributed by atoms with van der Waals surface area (Å²) >= 11 is 0. The monoisotopic (exact) mass is 409 g/mol. The zero-order valence-corrected chi connectivity index (χ0v) is 17.6. The largest absolute Gasteiger partial charge is 0.479 e. The molecule has 7 heteroatoms. The average molecular weight is 409 g/mol. The summed E-state index contributed by atoms with van der Waals surface area (Å²) in [5.41, 5.74) is 2.21. The summed E-state index contributed by atoms with van der Waals surface area (Å²) in [6.45, 7) is 6.43. The Labute approximate surface area is 176 Å². The van der Waals surface area contributed by atoms with E-state index in [1.54, 1.807) is 16.7 Å². The summed E-state index contributed by atoms with van der Waals surface area (Å²) in [5, 5.41) is 2.92. The van der Waals surface area contributed by atoms with Gasteiger partial charge in [-0.05, 0) is 37.6 Å². The number of nitrogens with one attached hydrogen (secondary N) is 1. The Kier molecular flexibility index (Phi) is 6.72. The molecule has 2 aromatic carbocycles. The van der Waals surface area contributed by atoms with E-state index in [0.717, 1.165) is 5.56 Å². The third kappa shape index (κ3) is 4.79. The van der Waals surface area contributed by atoms with Crippen molar-refractivity contribution in [1.82, 2.24) is 4.90 Å². The van der Waals surface area contributed by atoms with Gasteiger partial charge in [0.2, 0.25) is 11.8 Å². The van der Waals surface area contributed by atoms with Crippen LogP contribution >= 0.6 is 0 Å². The molecule has 1 N–H and O–H groups in total. The van der Waals surface area contributed by atoms with Crippen molar-refractivity contribution in [3.63, 3.8) is 0 Å². The standard InChI is InChI=1S/C23H27N3O4/c1-4-25(17(3)27)15-18-9-5-6-10-19(18)24-22(28)13-14-26-20-11-7-8-12-21(20)30-16(2)23(26)29/h5-12,16H,4,13-15H2,1-3H3,(H,24,28). The molecule has 1 aliphatic rings. The molecule has 0 aromatic heterocycles. The van der Waals surface area contributed by atoms with E-state index in [1.807, 2.05) is 55.5 Å². The Morgan fingerprint density at radius 2 is 1.83 bits per heavy atom. The van der Waals surface area contributed by atoms with Crippen LogP contribution in [0.4, 0.5) is 11.4 Å². The van der Waals surface area contributed by atoms with E-state index < -0.39 is 6.10 Å². The molecule has 7 nitrogen and oxygen atoms in total. The van der Waals surface area contributed by atoms with Crippen molar-refractivity contribution in [3.8, 4) is 5.75 Å². The fourth-order valence-electron chi connectivity index (χ4n) is 3.45. The molecule has 0 radical (unpaired) electrons. The molecular weight excluding hydrogens is 382 g/mol. The number of fused-ring (bicyclic) bond motifs is 1. The summed E-state index contributed by atoms with van der Waals surface area (Å²) in [5.74, 6) is 0.260. The first-order valence-corrected chi connectivity index (χ1v) is 10.1. The van der Waals surface area contributed by atoms with Crippen LogP contribution in [0.3, 0.4) is 0 Å². The van der Waals surface area contributed by atoms with Crippen molar-refractivity contribution in [2.24, 2.45) is 0 Å². The van der Waals surface area contributed by atoms with Gasteiger partial charge in [-0.2, -0.15) is 0 Å². The number of anilines is 2. The van der Waals surface area contributed by atoms with Crippen molar-refractivity contribution in [2.75, 3.05) is 23.3 Å². The molecule has 1 unspecified atom stereocenters. The number of hydrogen-bond donors (Lipinski definition) is 1. The third-order valence-corrected chi connectivity index (χ3v) is 5.12. The van der Waals surface area contributed by atoms with Gasteiger partial charge in [-0.25, -0.2) is 0 Å². The van der Waals surface area contributed by atoms with Gasteiger partial charge in [0.15, 0.2) is 6.10 Å². The number of para-hydroxylation sites is 3. The first kappa shape index (κ1) is 21.4. The van der Waals surface area contributed by atoms with E-state index in [9.17, 15) is 14.4 Å². The van der Waals surface area contributed by atoms with Gasteiger partial charge in [0, 0.05) is 38.7 Å². The van der Waals surface area contributed by atoms with E-state index in [4.69, 9.17) is 4.74 Å². The first-order valence-electron chi connectivity index (χ1n) is 10.1. The lowest BCUT2D eigenvalue weighted by molar-refractivity contribution is -0.129. The van der Waals surface area contributed by atoms with Crippen LogP contribution in [0.2, 0.25) is 0 Å². The molecule has 0 saturated carbocycles. The lowest BCUT2D eigenvalue weighted by Crippen LogP contribution is -2.45. The number of carbonyl (C=O) groups excluding carboxylic acids is 3. The van der Waals surface area contributed by atoms with Crippen LogP contribution in [0.1, 0.15) is 32.8 Å². The summed E-state index contributed by atoms with van der Waals surface area (Å²) in [7, 11) is 0. The zero-order valence-electron chi connectivity index (χ0n) is 17.6. The lowest BCUT2D eigenvalue weighted by atomic mass is 10.1. The molecular formula is C23H27N3O4. The SMILES string of the molecule is CCN(Cc1ccccc1NC(=O)CCN1C(=O)C(C)Oc2ccccc21)C(C)=O. The van der Waals surface area contributed by atoms with Crippen LogP contribution in [0, 0.1) is 0 Å². The minimum absolute atomic E-state index is 0.0164. The molecule has 2 aromatic rings. The third-order valence-electron chi connectivity index (χ3n) is 5.12. The van der Waals surface area contributed by atoms with E-state index in [2.05, 4.69) is 5.32 Å². The van der Waals surface area contributed by atoms with Crippen molar-refractivity contribution >= 4 is 29.1 Å². The van der Waals surface area contributed by atoms with E-state index in [1.165, 1.54) is 6.92 Å². The summed E-state index contributed by atoms with van der Waals surface area (Å²) in [6, 6.07) is 14.7. The minimum atomic E-state index is -0.588. The first-order chi connectivity index (χ1) is 14.4. The maximum Gasteiger partial charge on any atom is 0.267 e. The van der Waals surface area contributed by atoms with Gasteiger partial charge in [-0.15, -0.1) is 0 Å². The van der Waals surface area contributed by atoms with E-state index >= 15 is 0 Å². The Morgan fingerprint density at radius 1 is 1.13 bits per heavy atom. The number of carbonyl (C=O) groups is 3. The zero-order chi connectivity index (χ0) is 21.7. The number of rotatable bonds is 7. The molecule has 0 saturated heterocycles. The van der Waals surface area contributed by atoms with E-state index in [-0.39, 0.29) is 30.7 Å². The topological polar surface area (TPSA) is 79.0 Å². The van der Waals surface area contributed by atoms with Gasteiger partial charge in [0.25, 0.3) is 5.91 Å². The van der Waals surface area contributed by atoms with Crippen LogP contribution in [-0.4, -0.2) is 41.8 Å². The lowest BCUT2D eigenvalue weighted by Gasteiger charge is -2.32. The van der Waals surface area contributed by atoms with Crippen molar-refractivity contribution in [3.05, 3.63) is 54.1 Å². The quantitative estimate of drug-likeness (QED) is 0.762. The molecule has 30 heavy (non-hydrogen) atoms. The van der Waals surface area contributed by atoms with Gasteiger partial charge in [-0.3, -0.25) is 14.4 Å². The summed E-state index contributed by atoms with van der Waals surface area (Å²) in [6.07, 6.45) is -0.444. The highest BCUT2D eigenvalue weighted by molar-refractivity contribution is 6.01. The second-order valence-electron chi connectivity index (χ2n) is 7.21. The van der Waals surface area contributed by atoms with Crippen molar-refractivity contribution < 1.29 is 19.1 Å². The molecule has 0 aliphatic carbocycles. The molecule has 0 fully saturated rings. The fraction of sp³-hybridized carbons (Fsp3) is 0.348. The highest BCUT2D eigenvalue weighted by atomic mass is 16.5. The Hall–Kier alpha value is -3.35. The molecule has 158 valence electrons. The summed E-state index contributed by atoms with van der Waals surface area (Å²) < 4.78 is 5.64. The maximum atomic E-state index is 12.6. The normalized spacial score (nSPS) is 15.2. The number of amides is 3. The Morgan fingerprint density at radius 3 is 2.57 bits per heavy atom. The maximum absolute atomic E-state index is 12.6. The minimum Gasteiger partial charge on any atom is -0.479 e. The van der Waals surface area contributed by atoms with Crippen LogP contribution in [-0.2, 0) is 20.9 Å². The van der Waals surface area contributed by atoms with E-state index in [0.29, 0.717) is 30.2 Å². The van der Waals surface area contributed by atoms with Crippen molar-refractivity contribution in [1.29, 1.82) is 0 Å². The van der Waals surface area contributed by atoms with Gasteiger partial charge < -0.3 is 19.9 Å². The molecule has 0 bridgehead atoms. The van der Waals surface area contributed by atoms with Gasteiger partial charge in [0.1, 0.15) is 5.75 Å². The molecule has 1 atom stereocenters. The smallest absolute Gasteiger partial charge is 0.267 e. The molecule has 3 amide bonds. The van der Waals surface area contributed by atoms with Crippen LogP contribution in [0.25, 0.3) is 0 Å². The van der Waals surface area contributed by atoms with Crippen LogP contribution < -0.4 is 15.0 Å². The molecule has 3 rings (SSSR count). The highest BCUT2D eigenvalue weighted by Gasteiger charge is 2.31. The fourth-order valence-corrected chi connectivity index (χ4v) is 3.45. The van der Waals surface area contributed by atoms with Crippen LogP contribution in [0.5, 0.6) is 5.75 Å². The second kappa shape index (κ2) is 9.43. The number of ether oxygens (including phenoxy) is 1. The Bertz CT molecular complexity index is 944. The van der Waals surface area contributed by atoms with Gasteiger partial charge >= 0.3 is 0 Å². The number of benzene rings is 2. The predicted molar refractivity (Wildman–Crippen MR) is 115 cm³/mol. The average Bonchev–Trinajstić information content (AvgIpc) is 2.73. The Balaban J connectivity index is 1.67. The molecule has 0 spiro atoms. The molecule has 1 aliphatic heterocycles. The number of nitrogens with zero attached hydrogens (tertiary/aromatic N) is 2. The highest BCUT2D eigenvalue weighted by Crippen LogP contribution is 2.33.